The van der Waals surface area contributed by atoms with E-state index in [0.29, 0.717) is 5.41 Å². The van der Waals surface area contributed by atoms with Gasteiger partial charge in [0.2, 0.25) is 0 Å². The molecule has 0 spiro atoms. The first-order valence-corrected chi connectivity index (χ1v) is 15.3. The minimum Gasteiger partial charge on any atom is -0.446 e. The van der Waals surface area contributed by atoms with E-state index in [0.717, 1.165) is 60.5 Å². The van der Waals surface area contributed by atoms with Crippen LogP contribution in [0.1, 0.15) is 105 Å². The van der Waals surface area contributed by atoms with E-state index >= 15 is 0 Å². The lowest BCUT2D eigenvalue weighted by atomic mass is 9.47. The number of ether oxygens (including phenoxy) is 1. The highest BCUT2D eigenvalue weighted by Crippen LogP contribution is 2.67. The van der Waals surface area contributed by atoms with Crippen LogP contribution in [0.4, 0.5) is 10.5 Å². The van der Waals surface area contributed by atoms with Gasteiger partial charge >= 0.3 is 6.09 Å². The van der Waals surface area contributed by atoms with Gasteiger partial charge in [0.25, 0.3) is 0 Å². The molecule has 1 unspecified atom stereocenters. The molecule has 1 aromatic rings. The summed E-state index contributed by atoms with van der Waals surface area (Å²) in [5.41, 5.74) is 3.12. The van der Waals surface area contributed by atoms with Crippen LogP contribution in [0.15, 0.2) is 36.2 Å². The fourth-order valence-corrected chi connectivity index (χ4v) is 9.49. The molecule has 1 heterocycles. The van der Waals surface area contributed by atoms with Gasteiger partial charge in [0.1, 0.15) is 6.10 Å². The van der Waals surface area contributed by atoms with Gasteiger partial charge in [0.05, 0.1) is 0 Å². The van der Waals surface area contributed by atoms with Gasteiger partial charge in [-0.25, -0.2) is 4.79 Å². The van der Waals surface area contributed by atoms with Crippen molar-refractivity contribution >= 4 is 11.8 Å². The van der Waals surface area contributed by atoms with Crippen LogP contribution in [0.25, 0.3) is 0 Å². The molecule has 5 rings (SSSR count). The largest absolute Gasteiger partial charge is 0.446 e. The van der Waals surface area contributed by atoms with Gasteiger partial charge in [0.15, 0.2) is 0 Å². The van der Waals surface area contributed by atoms with Crippen LogP contribution >= 0.6 is 0 Å². The van der Waals surface area contributed by atoms with E-state index in [2.05, 4.69) is 51.0 Å². The Morgan fingerprint density at radius 1 is 1.05 bits per heavy atom. The van der Waals surface area contributed by atoms with E-state index in [1.807, 2.05) is 0 Å². The second-order valence-corrected chi connectivity index (χ2v) is 13.9. The van der Waals surface area contributed by atoms with E-state index in [9.17, 15) is 4.79 Å². The predicted molar refractivity (Wildman–Crippen MR) is 151 cm³/mol. The molecule has 4 aliphatic carbocycles. The van der Waals surface area contributed by atoms with Gasteiger partial charge in [0, 0.05) is 24.5 Å². The zero-order valence-electron chi connectivity index (χ0n) is 24.0. The molecule has 4 heteroatoms. The molecule has 0 bridgehead atoms. The maximum atomic E-state index is 12.5. The van der Waals surface area contributed by atoms with E-state index in [-0.39, 0.29) is 17.6 Å². The number of carbonyl (C=O) groups is 1. The normalized spacial score (nSPS) is 37.7. The molecule has 0 saturated heterocycles. The minimum atomic E-state index is -0.345. The van der Waals surface area contributed by atoms with Gasteiger partial charge in [-0.3, -0.25) is 10.3 Å². The molecule has 1 amide bonds. The molecule has 3 fully saturated rings. The number of fused-ring (bicyclic) bond motifs is 5. The Labute approximate surface area is 225 Å². The summed E-state index contributed by atoms with van der Waals surface area (Å²) in [6.45, 7) is 12.5. The number of aromatic nitrogens is 1. The molecule has 4 aliphatic rings. The van der Waals surface area contributed by atoms with Crippen LogP contribution in [-0.2, 0) is 4.74 Å². The first-order valence-electron chi connectivity index (χ1n) is 15.3. The average molecular weight is 507 g/mol. The van der Waals surface area contributed by atoms with Gasteiger partial charge in [-0.05, 0) is 103 Å². The SMILES string of the molecule is CC(C)CCC[C@@H](C)[C@H]1CC[C@H]2[C@@H]3CC=C4CC(OC(=O)Nc5ccncc5)CC[C@]4(C)[C@H]3CC[C@]12C. The van der Waals surface area contributed by atoms with Crippen molar-refractivity contribution in [2.75, 3.05) is 5.32 Å². The number of allylic oxidation sites excluding steroid dienone is 1. The van der Waals surface area contributed by atoms with Crippen molar-refractivity contribution < 1.29 is 9.53 Å². The molecule has 1 N–H and O–H groups in total. The van der Waals surface area contributed by atoms with Crippen molar-refractivity contribution in [1.82, 2.24) is 4.98 Å². The second-order valence-electron chi connectivity index (χ2n) is 13.9. The highest BCUT2D eigenvalue weighted by Gasteiger charge is 2.59. The molecule has 37 heavy (non-hydrogen) atoms. The summed E-state index contributed by atoms with van der Waals surface area (Å²) in [6.07, 6.45) is 19.7. The first kappa shape index (κ1) is 26.8. The van der Waals surface area contributed by atoms with Crippen molar-refractivity contribution in [3.05, 3.63) is 36.2 Å². The lowest BCUT2D eigenvalue weighted by Gasteiger charge is -2.58. The van der Waals surface area contributed by atoms with Gasteiger partial charge in [-0.15, -0.1) is 0 Å². The number of rotatable bonds is 7. The number of carbonyl (C=O) groups excluding carboxylic acids is 1. The number of pyridine rings is 1. The number of anilines is 1. The van der Waals surface area contributed by atoms with Crippen LogP contribution in [0, 0.1) is 46.3 Å². The highest BCUT2D eigenvalue weighted by molar-refractivity contribution is 5.84. The van der Waals surface area contributed by atoms with Crippen molar-refractivity contribution in [3.63, 3.8) is 0 Å². The molecule has 1 aromatic heterocycles. The number of hydrogen-bond acceptors (Lipinski definition) is 3. The fourth-order valence-electron chi connectivity index (χ4n) is 9.49. The lowest BCUT2D eigenvalue weighted by Crippen LogP contribution is -2.51. The Kier molecular flexibility index (Phi) is 7.76. The number of amides is 1. The molecule has 8 atom stereocenters. The molecule has 0 aliphatic heterocycles. The van der Waals surface area contributed by atoms with Crippen molar-refractivity contribution in [2.45, 2.75) is 111 Å². The number of nitrogens with one attached hydrogen (secondary N) is 1. The molecule has 4 nitrogen and oxygen atoms in total. The van der Waals surface area contributed by atoms with E-state index in [4.69, 9.17) is 4.74 Å². The Balaban J connectivity index is 1.22. The lowest BCUT2D eigenvalue weighted by molar-refractivity contribution is -0.0577. The Bertz CT molecular complexity index is 974. The van der Waals surface area contributed by atoms with Crippen LogP contribution in [0.2, 0.25) is 0 Å². The first-order chi connectivity index (χ1) is 17.7. The zero-order chi connectivity index (χ0) is 26.2. The summed E-state index contributed by atoms with van der Waals surface area (Å²) >= 11 is 0. The van der Waals surface area contributed by atoms with E-state index in [1.165, 1.54) is 51.4 Å². The van der Waals surface area contributed by atoms with Crippen LogP contribution in [0.3, 0.4) is 0 Å². The maximum Gasteiger partial charge on any atom is 0.411 e. The Morgan fingerprint density at radius 3 is 2.59 bits per heavy atom. The van der Waals surface area contributed by atoms with E-state index in [1.54, 1.807) is 30.1 Å². The summed E-state index contributed by atoms with van der Waals surface area (Å²) in [4.78, 5) is 16.5. The summed E-state index contributed by atoms with van der Waals surface area (Å²) in [5, 5.41) is 2.86. The second kappa shape index (κ2) is 10.7. The van der Waals surface area contributed by atoms with Crippen LogP contribution < -0.4 is 5.32 Å². The van der Waals surface area contributed by atoms with Crippen molar-refractivity contribution in [1.29, 1.82) is 0 Å². The fraction of sp³-hybridized carbons (Fsp3) is 0.758. The summed E-state index contributed by atoms with van der Waals surface area (Å²) < 4.78 is 5.89. The smallest absolute Gasteiger partial charge is 0.411 e. The summed E-state index contributed by atoms with van der Waals surface area (Å²) in [7, 11) is 0. The molecule has 0 radical (unpaired) electrons. The van der Waals surface area contributed by atoms with Crippen LogP contribution in [0.5, 0.6) is 0 Å². The topological polar surface area (TPSA) is 51.2 Å². The highest BCUT2D eigenvalue weighted by atomic mass is 16.6. The molecular formula is C33H50N2O2. The number of hydrogen-bond donors (Lipinski definition) is 1. The van der Waals surface area contributed by atoms with Gasteiger partial charge in [-0.1, -0.05) is 65.5 Å². The average Bonchev–Trinajstić information content (AvgIpc) is 3.22. The molecular weight excluding hydrogens is 456 g/mol. The third kappa shape index (κ3) is 5.23. The summed E-state index contributed by atoms with van der Waals surface area (Å²) in [6, 6.07) is 3.58. The molecule has 3 saturated carbocycles. The van der Waals surface area contributed by atoms with Crippen LogP contribution in [-0.4, -0.2) is 17.2 Å². The summed E-state index contributed by atoms with van der Waals surface area (Å²) in [5.74, 6) is 5.13. The predicted octanol–water partition coefficient (Wildman–Crippen LogP) is 9.04. The van der Waals surface area contributed by atoms with E-state index < -0.39 is 0 Å². The molecule has 204 valence electrons. The van der Waals surface area contributed by atoms with Gasteiger partial charge in [-0.2, -0.15) is 0 Å². The minimum absolute atomic E-state index is 0.0193. The Morgan fingerprint density at radius 2 is 1.84 bits per heavy atom. The van der Waals surface area contributed by atoms with Crippen molar-refractivity contribution in [3.8, 4) is 0 Å². The standard InChI is InChI=1S/C33H50N2O2/c1-22(2)7-6-8-23(3)28-11-12-29-27-10-9-24-21-26(37-31(36)35-25-15-19-34-20-16-25)13-17-32(24,4)30(27)14-18-33(28,29)5/h9,15-16,19-20,22-23,26-30H,6-8,10-14,17-18,21H2,1-5H3,(H,34,35,36)/t23-,26?,27+,28-,29+,30+,32+,33-/m1/s1. The maximum absolute atomic E-state index is 12.5. The van der Waals surface area contributed by atoms with Gasteiger partial charge < -0.3 is 4.74 Å². The third-order valence-electron chi connectivity index (χ3n) is 11.5. The Hall–Kier alpha value is -1.84. The van der Waals surface area contributed by atoms with Crippen molar-refractivity contribution in [2.24, 2.45) is 46.3 Å². The zero-order valence-corrected chi connectivity index (χ0v) is 24.0. The third-order valence-corrected chi connectivity index (χ3v) is 11.5. The monoisotopic (exact) mass is 506 g/mol. The molecule has 0 aromatic carbocycles. The quantitative estimate of drug-likeness (QED) is 0.375. The number of nitrogens with zero attached hydrogens (tertiary/aromatic N) is 1.